The number of rotatable bonds is 11. The van der Waals surface area contributed by atoms with Crippen LogP contribution in [-0.2, 0) is 33.7 Å². The lowest BCUT2D eigenvalue weighted by Gasteiger charge is -2.51. The van der Waals surface area contributed by atoms with E-state index >= 15 is 0 Å². The number of para-hydroxylation sites is 1. The lowest BCUT2D eigenvalue weighted by Crippen LogP contribution is -2.50. The maximum absolute atomic E-state index is 13.6. The molecule has 11 nitrogen and oxygen atoms in total. The fourth-order valence-corrected chi connectivity index (χ4v) is 10.4. The second kappa shape index (κ2) is 17.7. The number of nitrogens with zero attached hydrogens (tertiary/aromatic N) is 4. The number of hydrogen-bond acceptors (Lipinski definition) is 12. The fourth-order valence-electron chi connectivity index (χ4n) is 8.39. The molecule has 3 aromatic carbocycles. The first kappa shape index (κ1) is 41.4. The van der Waals surface area contributed by atoms with Crippen molar-refractivity contribution in [2.75, 3.05) is 50.1 Å². The first-order chi connectivity index (χ1) is 28.9. The summed E-state index contributed by atoms with van der Waals surface area (Å²) in [5.74, 6) is 6.75. The number of anilines is 2. The van der Waals surface area contributed by atoms with Gasteiger partial charge in [-0.3, -0.25) is 19.8 Å². The number of carbonyl (C=O) groups is 3. The molecule has 1 saturated carbocycles. The van der Waals surface area contributed by atoms with Crippen molar-refractivity contribution in [3.8, 4) is 17.6 Å². The molecule has 0 radical (unpaired) electrons. The highest BCUT2D eigenvalue weighted by Gasteiger charge is 2.49. The normalized spacial score (nSPS) is 16.4. The highest BCUT2D eigenvalue weighted by atomic mass is 32.1. The predicted octanol–water partition coefficient (Wildman–Crippen LogP) is 8.55. The van der Waals surface area contributed by atoms with Gasteiger partial charge in [-0.15, -0.1) is 11.3 Å². The molecule has 60 heavy (non-hydrogen) atoms. The molecular weight excluding hydrogens is 795 g/mol. The van der Waals surface area contributed by atoms with Crippen LogP contribution in [0.25, 0.3) is 10.2 Å². The number of carbonyl (C=O) groups excluding carboxylic acids is 3. The number of esters is 2. The molecule has 312 valence electrons. The minimum Gasteiger partial charge on any atom is -0.494 e. The molecule has 3 aliphatic rings. The number of thiazole rings is 2. The molecule has 8 rings (SSSR count). The summed E-state index contributed by atoms with van der Waals surface area (Å²) in [6.07, 6.45) is 6.15. The van der Waals surface area contributed by atoms with Crippen LogP contribution in [0.1, 0.15) is 95.3 Å². The zero-order valence-electron chi connectivity index (χ0n) is 34.7. The number of likely N-dealkylation sites (tertiary alicyclic amines) is 1. The third-order valence-corrected chi connectivity index (χ3v) is 13.7. The van der Waals surface area contributed by atoms with Crippen molar-refractivity contribution in [2.45, 2.75) is 77.9 Å². The number of ether oxygens (including phenoxy) is 3. The molecule has 2 aromatic heterocycles. The Bertz CT molecular complexity index is 2390. The van der Waals surface area contributed by atoms with Crippen molar-refractivity contribution < 1.29 is 28.6 Å². The van der Waals surface area contributed by atoms with Crippen LogP contribution in [0.5, 0.6) is 5.75 Å². The number of amides is 1. The van der Waals surface area contributed by atoms with Crippen molar-refractivity contribution in [1.29, 1.82) is 0 Å². The number of benzene rings is 3. The van der Waals surface area contributed by atoms with E-state index in [2.05, 4.69) is 38.0 Å². The number of nitrogens with one attached hydrogen (secondary N) is 1. The van der Waals surface area contributed by atoms with Crippen LogP contribution in [0.3, 0.4) is 0 Å². The Kier molecular flexibility index (Phi) is 12.3. The van der Waals surface area contributed by atoms with Crippen molar-refractivity contribution in [2.24, 2.45) is 11.3 Å². The molecule has 0 atom stereocenters. The van der Waals surface area contributed by atoms with E-state index in [9.17, 15) is 14.4 Å². The Hall–Kier alpha value is -5.29. The second-order valence-electron chi connectivity index (χ2n) is 17.0. The summed E-state index contributed by atoms with van der Waals surface area (Å²) in [6.45, 7) is 10.2. The standard InChI is InChI=1S/C47H51N5O6S2/c1-46(2,3)58-42(54)33-28-47(29-33)21-25-51(26-22-47)23-8-10-31-16-18-34(19-17-31)57-27-9-15-39-40(43(55)56-4)49-45(60-39)52-24-20-32-11-7-12-35(36(32)30-52)41(53)50-44-48-37-13-5-6-14-38(37)59-44/h5-7,11-14,16-19,33H,9,15,20-30H2,1-4H3,(H,48,50,53). The van der Waals surface area contributed by atoms with Gasteiger partial charge in [-0.25, -0.2) is 14.8 Å². The molecule has 0 bridgehead atoms. The van der Waals surface area contributed by atoms with Crippen LogP contribution in [0.15, 0.2) is 66.7 Å². The Balaban J connectivity index is 0.808. The minimum atomic E-state index is -0.463. The summed E-state index contributed by atoms with van der Waals surface area (Å²) in [6, 6.07) is 21.5. The number of fused-ring (bicyclic) bond motifs is 2. The van der Waals surface area contributed by atoms with E-state index in [1.54, 1.807) is 0 Å². The monoisotopic (exact) mass is 845 g/mol. The summed E-state index contributed by atoms with van der Waals surface area (Å²) < 4.78 is 17.8. The number of aromatic nitrogens is 2. The zero-order chi connectivity index (χ0) is 41.9. The zero-order valence-corrected chi connectivity index (χ0v) is 36.3. The summed E-state index contributed by atoms with van der Waals surface area (Å²) in [4.78, 5) is 53.6. The Labute approximate surface area is 359 Å². The SMILES string of the molecule is COC(=O)c1nc(N2CCc3cccc(C(=O)Nc4nc5ccccc5s4)c3C2)sc1CCCOc1ccc(C#CCN2CCC3(CC2)CC(C(=O)OC(C)(C)C)C3)cc1. The average Bonchev–Trinajstić information content (AvgIpc) is 3.85. The maximum atomic E-state index is 13.6. The lowest BCUT2D eigenvalue weighted by molar-refractivity contribution is -0.170. The third-order valence-electron chi connectivity index (χ3n) is 11.6. The van der Waals surface area contributed by atoms with Crippen LogP contribution < -0.4 is 15.0 Å². The molecule has 5 aromatic rings. The summed E-state index contributed by atoms with van der Waals surface area (Å²) in [7, 11) is 1.37. The van der Waals surface area contributed by atoms with Crippen molar-refractivity contribution >= 4 is 61.0 Å². The van der Waals surface area contributed by atoms with Gasteiger partial charge in [-0.2, -0.15) is 0 Å². The van der Waals surface area contributed by atoms with Crippen molar-refractivity contribution in [1.82, 2.24) is 14.9 Å². The van der Waals surface area contributed by atoms with Crippen LogP contribution in [0, 0.1) is 23.2 Å². The Morgan fingerprint density at radius 1 is 0.950 bits per heavy atom. The first-order valence-electron chi connectivity index (χ1n) is 20.7. The minimum absolute atomic E-state index is 0.0417. The van der Waals surface area contributed by atoms with Gasteiger partial charge in [0.15, 0.2) is 16.0 Å². The average molecular weight is 846 g/mol. The Morgan fingerprint density at radius 3 is 2.48 bits per heavy atom. The Morgan fingerprint density at radius 2 is 1.73 bits per heavy atom. The van der Waals surface area contributed by atoms with Gasteiger partial charge in [0.05, 0.1) is 36.4 Å². The predicted molar refractivity (Wildman–Crippen MR) is 236 cm³/mol. The van der Waals surface area contributed by atoms with E-state index in [0.29, 0.717) is 54.3 Å². The van der Waals surface area contributed by atoms with E-state index in [1.807, 2.05) is 81.4 Å². The van der Waals surface area contributed by atoms with Crippen LogP contribution in [0.2, 0.25) is 0 Å². The van der Waals surface area contributed by atoms with Gasteiger partial charge in [0.2, 0.25) is 0 Å². The molecule has 1 saturated heterocycles. The first-order valence-corrected chi connectivity index (χ1v) is 22.4. The molecule has 1 amide bonds. The molecule has 1 N–H and O–H groups in total. The molecule has 0 unspecified atom stereocenters. The molecule has 13 heteroatoms. The van der Waals surface area contributed by atoms with E-state index in [-0.39, 0.29) is 17.8 Å². The summed E-state index contributed by atoms with van der Waals surface area (Å²) in [5, 5.41) is 4.30. The van der Waals surface area contributed by atoms with E-state index in [1.165, 1.54) is 29.8 Å². The molecule has 4 heterocycles. The fraction of sp³-hybridized carbons (Fsp3) is 0.426. The van der Waals surface area contributed by atoms with Gasteiger partial charge in [0, 0.05) is 29.1 Å². The number of piperidine rings is 1. The van der Waals surface area contributed by atoms with Gasteiger partial charge in [0.25, 0.3) is 5.91 Å². The maximum Gasteiger partial charge on any atom is 0.357 e. The van der Waals surface area contributed by atoms with Gasteiger partial charge >= 0.3 is 11.9 Å². The van der Waals surface area contributed by atoms with Crippen molar-refractivity contribution in [3.63, 3.8) is 0 Å². The highest BCUT2D eigenvalue weighted by Crippen LogP contribution is 2.53. The van der Waals surface area contributed by atoms with E-state index in [0.717, 1.165) is 94.4 Å². The molecular formula is C47H51N5O6S2. The third kappa shape index (κ3) is 9.67. The summed E-state index contributed by atoms with van der Waals surface area (Å²) in [5.41, 5.74) is 4.67. The summed E-state index contributed by atoms with van der Waals surface area (Å²) >= 11 is 2.94. The van der Waals surface area contributed by atoms with Crippen LogP contribution >= 0.6 is 22.7 Å². The van der Waals surface area contributed by atoms with Crippen LogP contribution in [0.4, 0.5) is 10.3 Å². The van der Waals surface area contributed by atoms with Gasteiger partial charge in [0.1, 0.15) is 11.4 Å². The smallest absolute Gasteiger partial charge is 0.357 e. The molecule has 1 aliphatic carbocycles. The highest BCUT2D eigenvalue weighted by molar-refractivity contribution is 7.22. The topological polar surface area (TPSA) is 123 Å². The quantitative estimate of drug-likeness (QED) is 0.0786. The molecule has 2 aliphatic heterocycles. The largest absolute Gasteiger partial charge is 0.494 e. The molecule has 1 spiro atoms. The molecule has 2 fully saturated rings. The van der Waals surface area contributed by atoms with Gasteiger partial charge in [-0.1, -0.05) is 47.4 Å². The number of methoxy groups -OCH3 is 1. The van der Waals surface area contributed by atoms with Crippen LogP contribution in [-0.4, -0.2) is 78.2 Å². The van der Waals surface area contributed by atoms with E-state index in [4.69, 9.17) is 19.2 Å². The second-order valence-corrected chi connectivity index (χ2v) is 19.1. The van der Waals surface area contributed by atoms with Gasteiger partial charge < -0.3 is 19.1 Å². The van der Waals surface area contributed by atoms with Gasteiger partial charge in [-0.05, 0) is 138 Å². The lowest BCUT2D eigenvalue weighted by atomic mass is 9.57. The van der Waals surface area contributed by atoms with E-state index < -0.39 is 11.6 Å². The number of hydrogen-bond donors (Lipinski definition) is 1. The van der Waals surface area contributed by atoms with Crippen molar-refractivity contribution in [3.05, 3.63) is 99.6 Å². The number of aryl methyl sites for hydroxylation is 1.